The van der Waals surface area contributed by atoms with Gasteiger partial charge in [0.1, 0.15) is 5.76 Å². The first-order chi connectivity index (χ1) is 9.16. The molecule has 2 N–H and O–H groups in total. The second-order valence-corrected chi connectivity index (χ2v) is 5.59. The van der Waals surface area contributed by atoms with Gasteiger partial charge < -0.3 is 15.1 Å². The standard InChI is InChI=1S/C15H24N2O2/c1-11(13-5-3-7-16-10-13)9-15(18)17-12(2)14-6-4-8-19-14/h4,6,8,11-13,16H,3,5,7,9-10H2,1-2H3,(H,17,18)/t11?,12-,13?/m1/s1. The van der Waals surface area contributed by atoms with Crippen LogP contribution in [0.5, 0.6) is 0 Å². The van der Waals surface area contributed by atoms with Gasteiger partial charge in [0.25, 0.3) is 0 Å². The van der Waals surface area contributed by atoms with E-state index in [1.54, 1.807) is 6.26 Å². The maximum absolute atomic E-state index is 12.0. The predicted molar refractivity (Wildman–Crippen MR) is 74.6 cm³/mol. The average molecular weight is 264 g/mol. The van der Waals surface area contributed by atoms with Crippen LogP contribution in [0.1, 0.15) is 44.9 Å². The van der Waals surface area contributed by atoms with Gasteiger partial charge in [0.2, 0.25) is 5.91 Å². The molecular weight excluding hydrogens is 240 g/mol. The van der Waals surface area contributed by atoms with Gasteiger partial charge in [-0.1, -0.05) is 6.92 Å². The maximum atomic E-state index is 12.0. The Morgan fingerprint density at radius 1 is 1.58 bits per heavy atom. The number of piperidine rings is 1. The summed E-state index contributed by atoms with van der Waals surface area (Å²) in [5.41, 5.74) is 0. The summed E-state index contributed by atoms with van der Waals surface area (Å²) < 4.78 is 5.29. The van der Waals surface area contributed by atoms with Crippen molar-refractivity contribution in [1.29, 1.82) is 0 Å². The fraction of sp³-hybridized carbons (Fsp3) is 0.667. The van der Waals surface area contributed by atoms with Crippen molar-refractivity contribution in [3.05, 3.63) is 24.2 Å². The van der Waals surface area contributed by atoms with Crippen molar-refractivity contribution >= 4 is 5.91 Å². The van der Waals surface area contributed by atoms with Gasteiger partial charge >= 0.3 is 0 Å². The Balaban J connectivity index is 1.77. The van der Waals surface area contributed by atoms with Crippen LogP contribution in [-0.2, 0) is 4.79 Å². The average Bonchev–Trinajstić information content (AvgIpc) is 2.93. The van der Waals surface area contributed by atoms with Crippen LogP contribution >= 0.6 is 0 Å². The molecule has 0 radical (unpaired) electrons. The highest BCUT2D eigenvalue weighted by atomic mass is 16.3. The fourth-order valence-electron chi connectivity index (χ4n) is 2.73. The molecule has 1 saturated heterocycles. The monoisotopic (exact) mass is 264 g/mol. The SMILES string of the molecule is CC(CC(=O)N[C@H](C)c1ccco1)C1CCCNC1. The van der Waals surface area contributed by atoms with Crippen LogP contribution in [0, 0.1) is 11.8 Å². The summed E-state index contributed by atoms with van der Waals surface area (Å²) in [5.74, 6) is 1.97. The Morgan fingerprint density at radius 2 is 2.42 bits per heavy atom. The number of carbonyl (C=O) groups excluding carboxylic acids is 1. The van der Waals surface area contributed by atoms with Gasteiger partial charge in [0, 0.05) is 6.42 Å². The fourth-order valence-corrected chi connectivity index (χ4v) is 2.73. The second-order valence-electron chi connectivity index (χ2n) is 5.59. The highest BCUT2D eigenvalue weighted by molar-refractivity contribution is 5.76. The molecule has 1 aromatic heterocycles. The molecule has 106 valence electrons. The maximum Gasteiger partial charge on any atom is 0.220 e. The zero-order valence-corrected chi connectivity index (χ0v) is 11.8. The number of furan rings is 1. The zero-order valence-electron chi connectivity index (χ0n) is 11.8. The summed E-state index contributed by atoms with van der Waals surface area (Å²) in [6.45, 7) is 6.28. The van der Waals surface area contributed by atoms with E-state index in [9.17, 15) is 4.79 Å². The predicted octanol–water partition coefficient (Wildman–Crippen LogP) is 2.48. The Kier molecular flexibility index (Phi) is 5.02. The van der Waals surface area contributed by atoms with Crippen molar-refractivity contribution in [2.75, 3.05) is 13.1 Å². The molecule has 4 nitrogen and oxygen atoms in total. The summed E-state index contributed by atoms with van der Waals surface area (Å²) in [7, 11) is 0. The zero-order chi connectivity index (χ0) is 13.7. The third kappa shape index (κ3) is 4.10. The molecule has 2 unspecified atom stereocenters. The first-order valence-electron chi connectivity index (χ1n) is 7.20. The van der Waals surface area contributed by atoms with Crippen LogP contribution in [0.15, 0.2) is 22.8 Å². The van der Waals surface area contributed by atoms with E-state index in [2.05, 4.69) is 17.6 Å². The van der Waals surface area contributed by atoms with E-state index in [0.29, 0.717) is 18.3 Å². The molecule has 2 heterocycles. The molecular formula is C15H24N2O2. The summed E-state index contributed by atoms with van der Waals surface area (Å²) in [5, 5.41) is 6.40. The Bertz CT molecular complexity index is 383. The first kappa shape index (κ1) is 14.1. The minimum atomic E-state index is -0.0563. The lowest BCUT2D eigenvalue weighted by Crippen LogP contribution is -2.36. The Hall–Kier alpha value is -1.29. The van der Waals surface area contributed by atoms with Crippen LogP contribution in [0.3, 0.4) is 0 Å². The molecule has 0 bridgehead atoms. The first-order valence-corrected chi connectivity index (χ1v) is 7.20. The lowest BCUT2D eigenvalue weighted by molar-refractivity contribution is -0.123. The Labute approximate surface area is 114 Å². The van der Waals surface area contributed by atoms with Crippen LogP contribution in [-0.4, -0.2) is 19.0 Å². The summed E-state index contributed by atoms with van der Waals surface area (Å²) in [6.07, 6.45) is 4.68. The normalized spacial score (nSPS) is 22.7. The topological polar surface area (TPSA) is 54.3 Å². The molecule has 1 fully saturated rings. The molecule has 3 atom stereocenters. The number of hydrogen-bond acceptors (Lipinski definition) is 3. The molecule has 19 heavy (non-hydrogen) atoms. The van der Waals surface area contributed by atoms with Crippen molar-refractivity contribution in [2.24, 2.45) is 11.8 Å². The highest BCUT2D eigenvalue weighted by Crippen LogP contribution is 2.23. The van der Waals surface area contributed by atoms with E-state index in [0.717, 1.165) is 18.8 Å². The van der Waals surface area contributed by atoms with Crippen LogP contribution in [0.4, 0.5) is 0 Å². The van der Waals surface area contributed by atoms with Crippen molar-refractivity contribution in [2.45, 2.75) is 39.2 Å². The number of rotatable bonds is 5. The van der Waals surface area contributed by atoms with Crippen LogP contribution in [0.2, 0.25) is 0 Å². The van der Waals surface area contributed by atoms with Crippen molar-refractivity contribution in [3.63, 3.8) is 0 Å². The van der Waals surface area contributed by atoms with E-state index >= 15 is 0 Å². The molecule has 0 saturated carbocycles. The summed E-state index contributed by atoms with van der Waals surface area (Å²) in [4.78, 5) is 12.0. The van der Waals surface area contributed by atoms with E-state index in [1.165, 1.54) is 12.8 Å². The van der Waals surface area contributed by atoms with Gasteiger partial charge in [0.15, 0.2) is 0 Å². The number of nitrogens with one attached hydrogen (secondary N) is 2. The second kappa shape index (κ2) is 6.75. The molecule has 1 aliphatic rings. The minimum absolute atomic E-state index is 0.0563. The number of carbonyl (C=O) groups is 1. The number of hydrogen-bond donors (Lipinski definition) is 2. The van der Waals surface area contributed by atoms with Gasteiger partial charge in [0.05, 0.1) is 12.3 Å². The molecule has 0 spiro atoms. The summed E-state index contributed by atoms with van der Waals surface area (Å²) in [6, 6.07) is 3.67. The third-order valence-electron chi connectivity index (χ3n) is 3.99. The molecule has 1 amide bonds. The van der Waals surface area contributed by atoms with E-state index in [1.807, 2.05) is 19.1 Å². The van der Waals surface area contributed by atoms with Crippen molar-refractivity contribution in [1.82, 2.24) is 10.6 Å². The van der Waals surface area contributed by atoms with Gasteiger partial charge in [-0.05, 0) is 56.8 Å². The van der Waals surface area contributed by atoms with Crippen LogP contribution < -0.4 is 10.6 Å². The number of amides is 1. The van der Waals surface area contributed by atoms with Crippen molar-refractivity contribution < 1.29 is 9.21 Å². The lowest BCUT2D eigenvalue weighted by atomic mass is 9.85. The molecule has 1 aliphatic heterocycles. The van der Waals surface area contributed by atoms with Gasteiger partial charge in [-0.3, -0.25) is 4.79 Å². The molecule has 2 rings (SSSR count). The summed E-state index contributed by atoms with van der Waals surface area (Å²) >= 11 is 0. The van der Waals surface area contributed by atoms with Gasteiger partial charge in [-0.25, -0.2) is 0 Å². The molecule has 0 aliphatic carbocycles. The molecule has 0 aromatic carbocycles. The van der Waals surface area contributed by atoms with Gasteiger partial charge in [-0.15, -0.1) is 0 Å². The Morgan fingerprint density at radius 3 is 3.05 bits per heavy atom. The lowest BCUT2D eigenvalue weighted by Gasteiger charge is -2.28. The van der Waals surface area contributed by atoms with Crippen LogP contribution in [0.25, 0.3) is 0 Å². The minimum Gasteiger partial charge on any atom is -0.467 e. The smallest absolute Gasteiger partial charge is 0.220 e. The van der Waals surface area contributed by atoms with E-state index in [4.69, 9.17) is 4.42 Å². The molecule has 1 aromatic rings. The quantitative estimate of drug-likeness (QED) is 0.859. The highest BCUT2D eigenvalue weighted by Gasteiger charge is 2.22. The van der Waals surface area contributed by atoms with E-state index < -0.39 is 0 Å². The largest absolute Gasteiger partial charge is 0.467 e. The van der Waals surface area contributed by atoms with E-state index in [-0.39, 0.29) is 11.9 Å². The van der Waals surface area contributed by atoms with Crippen molar-refractivity contribution in [3.8, 4) is 0 Å². The molecule has 4 heteroatoms. The third-order valence-corrected chi connectivity index (χ3v) is 3.99. The van der Waals surface area contributed by atoms with Gasteiger partial charge in [-0.2, -0.15) is 0 Å².